The molecule has 3 N–H and O–H groups in total. The van der Waals surface area contributed by atoms with Crippen LogP contribution < -0.4 is 10.6 Å². The molecule has 2 bridgehead atoms. The number of halogens is 4. The summed E-state index contributed by atoms with van der Waals surface area (Å²) in [5.74, 6) is -3.13. The summed E-state index contributed by atoms with van der Waals surface area (Å²) in [6.45, 7) is 5.10. The number of cyclic esters (lactones) is 1. The quantitative estimate of drug-likeness (QED) is 0.270. The monoisotopic (exact) mass is 734 g/mol. The number of nitrogens with zero attached hydrogens (tertiary/aromatic N) is 2. The third-order valence-corrected chi connectivity index (χ3v) is 8.50. The first kappa shape index (κ1) is 39.8. The predicted molar refractivity (Wildman–Crippen MR) is 179 cm³/mol. The average Bonchev–Trinajstić information content (AvgIpc) is 3.76. The van der Waals surface area contributed by atoms with Crippen LogP contribution in [0.4, 0.5) is 28.0 Å². The minimum absolute atomic E-state index is 0.0482. The van der Waals surface area contributed by atoms with E-state index in [0.29, 0.717) is 12.0 Å². The van der Waals surface area contributed by atoms with Crippen LogP contribution in [0, 0.1) is 11.8 Å². The van der Waals surface area contributed by atoms with Crippen molar-refractivity contribution in [1.82, 2.24) is 15.2 Å². The molecule has 0 aliphatic carbocycles. The zero-order valence-corrected chi connectivity index (χ0v) is 28.9. The highest BCUT2D eigenvalue weighted by Crippen LogP contribution is 2.30. The number of benzene rings is 1. The number of carbonyl (C=O) groups is 4. The van der Waals surface area contributed by atoms with Gasteiger partial charge in [0, 0.05) is 37.0 Å². The van der Waals surface area contributed by atoms with Gasteiger partial charge in [0.1, 0.15) is 24.6 Å². The van der Waals surface area contributed by atoms with Crippen molar-refractivity contribution in [3.63, 3.8) is 0 Å². The Balaban J connectivity index is 1.52. The molecule has 1 saturated heterocycles. The molecule has 2 aromatic rings. The highest BCUT2D eigenvalue weighted by Gasteiger charge is 2.39. The molecule has 0 saturated carbocycles. The number of ether oxygens (including phenoxy) is 2. The lowest BCUT2D eigenvalue weighted by Crippen LogP contribution is -2.44. The van der Waals surface area contributed by atoms with Crippen LogP contribution in [0.5, 0.6) is 0 Å². The van der Waals surface area contributed by atoms with Crippen LogP contribution in [0.15, 0.2) is 70.9 Å². The molecule has 1 fully saturated rings. The zero-order valence-electron chi connectivity index (χ0n) is 28.9. The summed E-state index contributed by atoms with van der Waals surface area (Å²) in [4.78, 5) is 57.6. The molecule has 3 heterocycles. The molecule has 6 atom stereocenters. The number of esters is 1. The molecule has 4 rings (SSSR count). The summed E-state index contributed by atoms with van der Waals surface area (Å²) in [5.41, 5.74) is -0.309. The topological polar surface area (TPSA) is 160 Å². The Morgan fingerprint density at radius 3 is 2.63 bits per heavy atom. The van der Waals surface area contributed by atoms with Crippen molar-refractivity contribution >= 4 is 29.6 Å². The molecule has 0 unspecified atom stereocenters. The Morgan fingerprint density at radius 2 is 1.92 bits per heavy atom. The summed E-state index contributed by atoms with van der Waals surface area (Å²) in [5, 5.41) is 15.4. The van der Waals surface area contributed by atoms with Gasteiger partial charge in [-0.15, -0.1) is 0 Å². The van der Waals surface area contributed by atoms with Crippen LogP contribution in [-0.4, -0.2) is 83.0 Å². The van der Waals surface area contributed by atoms with Gasteiger partial charge >= 0.3 is 18.2 Å². The lowest BCUT2D eigenvalue weighted by atomic mass is 9.93. The number of hydrogen-bond donors (Lipinski definition) is 3. The van der Waals surface area contributed by atoms with Gasteiger partial charge in [-0.05, 0) is 50.1 Å². The number of hydrogen-bond acceptors (Lipinski definition) is 9. The Hall–Kier alpha value is -4.99. The van der Waals surface area contributed by atoms with Crippen molar-refractivity contribution in [1.29, 1.82) is 0 Å². The van der Waals surface area contributed by atoms with E-state index in [4.69, 9.17) is 13.9 Å². The third kappa shape index (κ3) is 11.5. The van der Waals surface area contributed by atoms with Crippen LogP contribution in [0.25, 0.3) is 0 Å². The second-order valence-corrected chi connectivity index (χ2v) is 12.8. The number of aromatic nitrogens is 1. The Kier molecular flexibility index (Phi) is 13.8. The number of anilines is 1. The summed E-state index contributed by atoms with van der Waals surface area (Å²) in [7, 11) is 0. The largest absolute Gasteiger partial charge is 0.460 e. The smallest absolute Gasteiger partial charge is 0.416 e. The van der Waals surface area contributed by atoms with Crippen molar-refractivity contribution in [3.8, 4) is 0 Å². The van der Waals surface area contributed by atoms with Crippen molar-refractivity contribution in [2.75, 3.05) is 25.0 Å². The van der Waals surface area contributed by atoms with E-state index in [1.165, 1.54) is 23.1 Å². The van der Waals surface area contributed by atoms with Crippen LogP contribution in [-0.2, 0) is 31.7 Å². The number of allylic oxidation sites excluding steroid dienone is 2. The summed E-state index contributed by atoms with van der Waals surface area (Å²) < 4.78 is 70.1. The van der Waals surface area contributed by atoms with Crippen molar-refractivity contribution in [3.05, 3.63) is 83.6 Å². The molecule has 2 aliphatic heterocycles. The number of alkyl halides is 4. The van der Waals surface area contributed by atoms with E-state index in [0.717, 1.165) is 30.5 Å². The Morgan fingerprint density at radius 1 is 1.19 bits per heavy atom. The highest BCUT2D eigenvalue weighted by molar-refractivity contribution is 5.95. The Labute approximate surface area is 297 Å². The molecular formula is C36H42F4N4O8. The van der Waals surface area contributed by atoms with Gasteiger partial charge in [0.2, 0.25) is 5.91 Å². The maximum atomic E-state index is 14.8. The van der Waals surface area contributed by atoms with E-state index in [1.54, 1.807) is 32.9 Å². The first-order valence-electron chi connectivity index (χ1n) is 16.8. The highest BCUT2D eigenvalue weighted by atomic mass is 19.4. The van der Waals surface area contributed by atoms with Crippen molar-refractivity contribution < 1.29 is 55.7 Å². The maximum absolute atomic E-state index is 14.8. The lowest BCUT2D eigenvalue weighted by molar-refractivity contribution is -0.159. The van der Waals surface area contributed by atoms with Gasteiger partial charge in [0.15, 0.2) is 11.6 Å². The molecule has 1 aromatic carbocycles. The number of aliphatic hydroxyl groups is 1. The van der Waals surface area contributed by atoms with E-state index in [1.807, 2.05) is 0 Å². The second kappa shape index (κ2) is 18.0. The lowest BCUT2D eigenvalue weighted by Gasteiger charge is -2.30. The second-order valence-electron chi connectivity index (χ2n) is 12.8. The molecule has 1 aromatic heterocycles. The number of fused-ring (bicyclic) bond motifs is 3. The average molecular weight is 735 g/mol. The SMILES string of the molecule is CC1=C\[C@@H](O)C[C@@H](F)Cc2nc(co2)C(=O)N2CCC[C@@H]2C(=O)O[C@H]([C@@H](C)COC(=O)Nc2ccc(C(F)(F)F)cc2)[C@H](C)/C=C/C(=O)NC\C=C\1. The van der Waals surface area contributed by atoms with Gasteiger partial charge in [0.05, 0.1) is 24.7 Å². The number of carbonyl (C=O) groups excluding carboxylic acids is 4. The van der Waals surface area contributed by atoms with Gasteiger partial charge in [-0.25, -0.2) is 19.0 Å². The van der Waals surface area contributed by atoms with E-state index in [-0.39, 0.29) is 56.2 Å². The van der Waals surface area contributed by atoms with Gasteiger partial charge in [-0.2, -0.15) is 13.2 Å². The fourth-order valence-electron chi connectivity index (χ4n) is 5.83. The van der Waals surface area contributed by atoms with Gasteiger partial charge < -0.3 is 29.2 Å². The Bertz CT molecular complexity index is 1660. The molecule has 52 heavy (non-hydrogen) atoms. The van der Waals surface area contributed by atoms with E-state index in [9.17, 15) is 41.8 Å². The van der Waals surface area contributed by atoms with Crippen LogP contribution >= 0.6 is 0 Å². The molecule has 282 valence electrons. The van der Waals surface area contributed by atoms with E-state index >= 15 is 0 Å². The first-order valence-corrected chi connectivity index (χ1v) is 16.8. The predicted octanol–water partition coefficient (Wildman–Crippen LogP) is 5.55. The first-order chi connectivity index (χ1) is 24.6. The minimum Gasteiger partial charge on any atom is -0.460 e. The fourth-order valence-corrected chi connectivity index (χ4v) is 5.83. The number of oxazole rings is 1. The molecule has 3 amide bonds. The van der Waals surface area contributed by atoms with Gasteiger partial charge in [0.25, 0.3) is 5.91 Å². The fraction of sp³-hybridized carbons (Fsp3) is 0.472. The molecule has 16 heteroatoms. The standard InChI is InChI=1S/C36H42F4N4O8/c1-21-6-4-14-41-30(46)13-8-22(2)32(23(3)19-51-35(49)42-26-11-9-24(10-12-26)36(38,39)40)52-34(48)29-7-5-15-44(29)33(47)28-20-50-31(43-28)18-25(37)17-27(45)16-21/h4,6,8-13,16,20,22-23,25,27,29,32,45H,5,7,14-15,17-19H2,1-3H3,(H,41,46)(H,42,49)/b6-4+,13-8+,21-16+/t22-,23+,25-,27-,29-,32+/m1/s1. The maximum Gasteiger partial charge on any atom is 0.416 e. The third-order valence-electron chi connectivity index (χ3n) is 8.50. The normalized spacial score (nSPS) is 26.9. The molecule has 0 radical (unpaired) electrons. The summed E-state index contributed by atoms with van der Waals surface area (Å²) in [6.07, 6.45) is -0.240. The zero-order chi connectivity index (χ0) is 38.0. The number of nitrogens with one attached hydrogen (secondary N) is 2. The summed E-state index contributed by atoms with van der Waals surface area (Å²) in [6, 6.07) is 2.79. The van der Waals surface area contributed by atoms with Crippen LogP contribution in [0.3, 0.4) is 0 Å². The van der Waals surface area contributed by atoms with Crippen LogP contribution in [0.2, 0.25) is 0 Å². The summed E-state index contributed by atoms with van der Waals surface area (Å²) >= 11 is 0. The minimum atomic E-state index is -4.54. The number of amides is 3. The molecule has 12 nitrogen and oxygen atoms in total. The van der Waals surface area contributed by atoms with Crippen LogP contribution in [0.1, 0.15) is 62.0 Å². The van der Waals surface area contributed by atoms with Crippen molar-refractivity contribution in [2.24, 2.45) is 11.8 Å². The number of aliphatic hydroxyl groups excluding tert-OH is 1. The van der Waals surface area contributed by atoms with Gasteiger partial charge in [-0.1, -0.05) is 43.7 Å². The van der Waals surface area contributed by atoms with E-state index in [2.05, 4.69) is 15.6 Å². The molecule has 0 spiro atoms. The van der Waals surface area contributed by atoms with E-state index < -0.39 is 71.9 Å². The molecular weight excluding hydrogens is 692 g/mol. The molecule has 2 aliphatic rings. The number of rotatable bonds is 4. The van der Waals surface area contributed by atoms with Crippen molar-refractivity contribution in [2.45, 2.75) is 77.1 Å². The van der Waals surface area contributed by atoms with Gasteiger partial charge in [-0.3, -0.25) is 14.9 Å².